The van der Waals surface area contributed by atoms with Gasteiger partial charge < -0.3 is 9.30 Å². The van der Waals surface area contributed by atoms with E-state index in [0.717, 1.165) is 35.7 Å². The number of benzene rings is 2. The smallest absolute Gasteiger partial charge is 0.125 e. The van der Waals surface area contributed by atoms with Gasteiger partial charge in [-0.3, -0.25) is 0 Å². The normalized spacial score (nSPS) is 12.1. The molecule has 0 radical (unpaired) electrons. The molecule has 0 amide bonds. The van der Waals surface area contributed by atoms with E-state index in [-0.39, 0.29) is 6.10 Å². The van der Waals surface area contributed by atoms with Crippen LogP contribution in [-0.2, 0) is 13.0 Å². The minimum absolute atomic E-state index is 0.0304. The van der Waals surface area contributed by atoms with Crippen LogP contribution >= 0.6 is 11.6 Å². The maximum Gasteiger partial charge on any atom is 0.125 e. The second-order valence-corrected chi connectivity index (χ2v) is 6.18. The summed E-state index contributed by atoms with van der Waals surface area (Å²) in [7, 11) is 0. The highest BCUT2D eigenvalue weighted by atomic mass is 35.5. The zero-order chi connectivity index (χ0) is 16.8. The van der Waals surface area contributed by atoms with Gasteiger partial charge in [-0.05, 0) is 41.8 Å². The van der Waals surface area contributed by atoms with Crippen LogP contribution in [0.25, 0.3) is 0 Å². The van der Waals surface area contributed by atoms with Crippen LogP contribution in [0.5, 0.6) is 5.75 Å². The highest BCUT2D eigenvalue weighted by molar-refractivity contribution is 6.30. The first kappa shape index (κ1) is 16.6. The minimum Gasteiger partial charge on any atom is -0.486 e. The van der Waals surface area contributed by atoms with E-state index in [1.807, 2.05) is 48.9 Å². The Balaban J connectivity index is 1.76. The van der Waals surface area contributed by atoms with E-state index in [1.54, 1.807) is 6.20 Å². The lowest BCUT2D eigenvalue weighted by Crippen LogP contribution is -2.11. The maximum absolute atomic E-state index is 6.26. The molecule has 2 aromatic carbocycles. The van der Waals surface area contributed by atoms with E-state index in [0.29, 0.717) is 0 Å². The predicted molar refractivity (Wildman–Crippen MR) is 97.5 cm³/mol. The highest BCUT2D eigenvalue weighted by Crippen LogP contribution is 2.27. The van der Waals surface area contributed by atoms with Crippen molar-refractivity contribution >= 4 is 11.6 Å². The number of nitrogens with zero attached hydrogens (tertiary/aromatic N) is 2. The van der Waals surface area contributed by atoms with E-state index < -0.39 is 0 Å². The molecule has 3 aromatic rings. The van der Waals surface area contributed by atoms with Crippen molar-refractivity contribution in [3.63, 3.8) is 0 Å². The largest absolute Gasteiger partial charge is 0.486 e. The Labute approximate surface area is 147 Å². The molecule has 124 valence electrons. The van der Waals surface area contributed by atoms with Gasteiger partial charge in [-0.1, -0.05) is 42.8 Å². The molecule has 24 heavy (non-hydrogen) atoms. The second kappa shape index (κ2) is 8.02. The van der Waals surface area contributed by atoms with Gasteiger partial charge in [0.15, 0.2) is 0 Å². The Morgan fingerprint density at radius 2 is 1.83 bits per heavy atom. The van der Waals surface area contributed by atoms with E-state index >= 15 is 0 Å². The summed E-state index contributed by atoms with van der Waals surface area (Å²) in [4.78, 5) is 4.09. The predicted octanol–water partition coefficient (Wildman–Crippen LogP) is 5.31. The van der Waals surface area contributed by atoms with Gasteiger partial charge in [0.1, 0.15) is 11.9 Å². The van der Waals surface area contributed by atoms with Gasteiger partial charge in [-0.25, -0.2) is 4.98 Å². The lowest BCUT2D eigenvalue weighted by molar-refractivity contribution is 0.188. The lowest BCUT2D eigenvalue weighted by atomic mass is 10.1. The van der Waals surface area contributed by atoms with Gasteiger partial charge in [0.05, 0.1) is 6.33 Å². The standard InChI is InChI=1S/C20H21ClN2O/c1-2-16-3-9-19(10-4-16)24-20(11-13-23-14-12-22-15-23)17-5-7-18(21)8-6-17/h3-10,12,14-15,20H,2,11,13H2,1H3. The zero-order valence-electron chi connectivity index (χ0n) is 13.7. The monoisotopic (exact) mass is 340 g/mol. The van der Waals surface area contributed by atoms with Crippen LogP contribution in [0.4, 0.5) is 0 Å². The summed E-state index contributed by atoms with van der Waals surface area (Å²) in [5.74, 6) is 0.887. The average Bonchev–Trinajstić information content (AvgIpc) is 3.13. The molecule has 0 bridgehead atoms. The molecule has 3 nitrogen and oxygen atoms in total. The van der Waals surface area contributed by atoms with Gasteiger partial charge in [-0.2, -0.15) is 0 Å². The Morgan fingerprint density at radius 3 is 2.46 bits per heavy atom. The fraction of sp³-hybridized carbons (Fsp3) is 0.250. The number of aryl methyl sites for hydroxylation is 2. The summed E-state index contributed by atoms with van der Waals surface area (Å²) in [6, 6.07) is 16.2. The molecule has 0 fully saturated rings. The summed E-state index contributed by atoms with van der Waals surface area (Å²) >= 11 is 6.02. The Bertz CT molecular complexity index is 736. The van der Waals surface area contributed by atoms with Gasteiger partial charge >= 0.3 is 0 Å². The number of imidazole rings is 1. The van der Waals surface area contributed by atoms with E-state index in [9.17, 15) is 0 Å². The van der Waals surface area contributed by atoms with Crippen LogP contribution in [0, 0.1) is 0 Å². The van der Waals surface area contributed by atoms with Crippen LogP contribution in [0.3, 0.4) is 0 Å². The molecule has 0 saturated heterocycles. The molecule has 1 aromatic heterocycles. The summed E-state index contributed by atoms with van der Waals surface area (Å²) in [6.45, 7) is 3.00. The van der Waals surface area contributed by atoms with E-state index in [4.69, 9.17) is 16.3 Å². The van der Waals surface area contributed by atoms with Gasteiger partial charge in [0, 0.05) is 30.4 Å². The zero-order valence-corrected chi connectivity index (χ0v) is 14.5. The fourth-order valence-electron chi connectivity index (χ4n) is 2.62. The molecule has 0 N–H and O–H groups in total. The molecule has 0 aliphatic heterocycles. The van der Waals surface area contributed by atoms with Crippen molar-refractivity contribution in [1.29, 1.82) is 0 Å². The van der Waals surface area contributed by atoms with Crippen molar-refractivity contribution in [3.8, 4) is 5.75 Å². The van der Waals surface area contributed by atoms with Gasteiger partial charge in [0.25, 0.3) is 0 Å². The fourth-order valence-corrected chi connectivity index (χ4v) is 2.75. The first-order valence-corrected chi connectivity index (χ1v) is 8.59. The first-order chi connectivity index (χ1) is 11.7. The van der Waals surface area contributed by atoms with Crippen LogP contribution in [-0.4, -0.2) is 9.55 Å². The molecular formula is C20H21ClN2O. The number of hydrogen-bond acceptors (Lipinski definition) is 2. The Kier molecular flexibility index (Phi) is 5.55. The Morgan fingerprint density at radius 1 is 1.08 bits per heavy atom. The van der Waals surface area contributed by atoms with Crippen molar-refractivity contribution in [2.45, 2.75) is 32.4 Å². The minimum atomic E-state index is -0.0304. The third-order valence-corrected chi connectivity index (χ3v) is 4.31. The van der Waals surface area contributed by atoms with Crippen molar-refractivity contribution in [2.75, 3.05) is 0 Å². The average molecular weight is 341 g/mol. The maximum atomic E-state index is 6.26. The SMILES string of the molecule is CCc1ccc(OC(CCn2ccnc2)c2ccc(Cl)cc2)cc1. The van der Waals surface area contributed by atoms with Crippen LogP contribution < -0.4 is 4.74 Å². The quantitative estimate of drug-likeness (QED) is 0.582. The number of ether oxygens (including phenoxy) is 1. The number of hydrogen-bond donors (Lipinski definition) is 0. The van der Waals surface area contributed by atoms with Crippen molar-refractivity contribution in [1.82, 2.24) is 9.55 Å². The number of aromatic nitrogens is 2. The van der Waals surface area contributed by atoms with E-state index in [1.165, 1.54) is 5.56 Å². The summed E-state index contributed by atoms with van der Waals surface area (Å²) in [5.41, 5.74) is 2.43. The summed E-state index contributed by atoms with van der Waals surface area (Å²) in [5, 5.41) is 0.736. The van der Waals surface area contributed by atoms with Crippen molar-refractivity contribution in [2.24, 2.45) is 0 Å². The summed E-state index contributed by atoms with van der Waals surface area (Å²) < 4.78 is 8.32. The topological polar surface area (TPSA) is 27.1 Å². The molecule has 1 unspecified atom stereocenters. The van der Waals surface area contributed by atoms with Crippen molar-refractivity contribution < 1.29 is 4.74 Å². The van der Waals surface area contributed by atoms with Gasteiger partial charge in [-0.15, -0.1) is 0 Å². The molecule has 4 heteroatoms. The Hall–Kier alpha value is -2.26. The van der Waals surface area contributed by atoms with Crippen molar-refractivity contribution in [3.05, 3.63) is 83.4 Å². The van der Waals surface area contributed by atoms with Crippen LogP contribution in [0.15, 0.2) is 67.3 Å². The third kappa shape index (κ3) is 4.39. The van der Waals surface area contributed by atoms with E-state index in [2.05, 4.69) is 28.6 Å². The first-order valence-electron chi connectivity index (χ1n) is 8.21. The van der Waals surface area contributed by atoms with Crippen LogP contribution in [0.1, 0.15) is 30.6 Å². The van der Waals surface area contributed by atoms with Gasteiger partial charge in [0.2, 0.25) is 0 Å². The lowest BCUT2D eigenvalue weighted by Gasteiger charge is -2.20. The molecule has 0 aliphatic carbocycles. The second-order valence-electron chi connectivity index (χ2n) is 5.74. The third-order valence-electron chi connectivity index (χ3n) is 4.06. The summed E-state index contributed by atoms with van der Waals surface area (Å²) in [6.07, 6.45) is 7.44. The molecular weight excluding hydrogens is 320 g/mol. The number of rotatable bonds is 7. The molecule has 1 atom stereocenters. The highest BCUT2D eigenvalue weighted by Gasteiger charge is 2.14. The molecule has 3 rings (SSSR count). The molecule has 0 aliphatic rings. The number of halogens is 1. The molecule has 1 heterocycles. The van der Waals surface area contributed by atoms with Crippen LogP contribution in [0.2, 0.25) is 5.02 Å². The molecule has 0 spiro atoms. The molecule has 0 saturated carbocycles.